The largest absolute Gasteiger partial charge is 0.307 e. The fourth-order valence-electron chi connectivity index (χ4n) is 1.47. The Labute approximate surface area is 127 Å². The number of nitrogens with one attached hydrogen (secondary N) is 1. The molecule has 0 aliphatic heterocycles. The van der Waals surface area contributed by atoms with E-state index in [4.69, 9.17) is 0 Å². The number of amides is 1. The monoisotopic (exact) mass is 416 g/mol. The lowest BCUT2D eigenvalue weighted by atomic mass is 10.2. The third kappa shape index (κ3) is 3.29. The fraction of sp³-hybridized carbons (Fsp3) is 0.0769. The molecule has 0 aliphatic rings. The highest BCUT2D eigenvalue weighted by Gasteiger charge is 2.11. The molecule has 0 saturated carbocycles. The second-order valence-electron chi connectivity index (χ2n) is 3.74. The van der Waals surface area contributed by atoms with Gasteiger partial charge in [-0.2, -0.15) is 0 Å². The van der Waals surface area contributed by atoms with Crippen molar-refractivity contribution in [2.24, 2.45) is 0 Å². The maximum atomic E-state index is 12.1. The average Bonchev–Trinajstić information content (AvgIpc) is 2.32. The van der Waals surface area contributed by atoms with Crippen LogP contribution in [0.1, 0.15) is 16.1 Å². The van der Waals surface area contributed by atoms with Gasteiger partial charge in [-0.15, -0.1) is 0 Å². The van der Waals surface area contributed by atoms with Gasteiger partial charge >= 0.3 is 0 Å². The van der Waals surface area contributed by atoms with Crippen LogP contribution in [-0.2, 0) is 0 Å². The number of hydrogen-bond donors (Lipinski definition) is 1. The van der Waals surface area contributed by atoms with Crippen LogP contribution in [-0.4, -0.2) is 10.9 Å². The Bertz CT molecular complexity index is 601. The summed E-state index contributed by atoms with van der Waals surface area (Å²) in [6.07, 6.45) is 0. The lowest BCUT2D eigenvalue weighted by molar-refractivity contribution is 0.102. The first-order valence-corrected chi connectivity index (χ1v) is 7.13. The van der Waals surface area contributed by atoms with Gasteiger partial charge in [0.1, 0.15) is 5.82 Å². The lowest BCUT2D eigenvalue weighted by Crippen LogP contribution is -2.14. The molecule has 2 rings (SSSR count). The predicted molar refractivity (Wildman–Crippen MR) is 83.8 cm³/mol. The SMILES string of the molecule is Cc1cccc(NC(=O)c2cc(Br)ccc2I)n1. The Hall–Kier alpha value is -0.950. The van der Waals surface area contributed by atoms with Crippen molar-refractivity contribution in [3.05, 3.63) is 55.7 Å². The van der Waals surface area contributed by atoms with Crippen LogP contribution in [0.3, 0.4) is 0 Å². The molecule has 3 nitrogen and oxygen atoms in total. The van der Waals surface area contributed by atoms with Gasteiger partial charge in [0.2, 0.25) is 0 Å². The van der Waals surface area contributed by atoms with Gasteiger partial charge in [-0.05, 0) is 59.8 Å². The molecule has 0 unspecified atom stereocenters. The molecular formula is C13H10BrIN2O. The molecule has 0 spiro atoms. The molecule has 1 N–H and O–H groups in total. The zero-order valence-electron chi connectivity index (χ0n) is 9.58. The Morgan fingerprint density at radius 1 is 1.33 bits per heavy atom. The first-order valence-electron chi connectivity index (χ1n) is 5.26. The topological polar surface area (TPSA) is 42.0 Å². The average molecular weight is 417 g/mol. The van der Waals surface area contributed by atoms with E-state index >= 15 is 0 Å². The highest BCUT2D eigenvalue weighted by atomic mass is 127. The van der Waals surface area contributed by atoms with Gasteiger partial charge in [0.25, 0.3) is 5.91 Å². The third-order valence-corrected chi connectivity index (χ3v) is 3.74. The smallest absolute Gasteiger partial charge is 0.257 e. The number of carbonyl (C=O) groups is 1. The zero-order valence-corrected chi connectivity index (χ0v) is 13.3. The summed E-state index contributed by atoms with van der Waals surface area (Å²) in [4.78, 5) is 16.4. The van der Waals surface area contributed by atoms with E-state index in [1.807, 2.05) is 31.2 Å². The molecule has 0 saturated heterocycles. The number of benzene rings is 1. The second-order valence-corrected chi connectivity index (χ2v) is 5.82. The van der Waals surface area contributed by atoms with Gasteiger partial charge in [-0.1, -0.05) is 22.0 Å². The van der Waals surface area contributed by atoms with Crippen LogP contribution in [0.5, 0.6) is 0 Å². The molecule has 2 aromatic rings. The standard InChI is InChI=1S/C13H10BrIN2O/c1-8-3-2-4-12(16-8)17-13(18)10-7-9(14)5-6-11(10)15/h2-7H,1H3,(H,16,17,18). The van der Waals surface area contributed by atoms with Crippen molar-refractivity contribution in [1.82, 2.24) is 4.98 Å². The van der Waals surface area contributed by atoms with Crippen LogP contribution in [0.4, 0.5) is 5.82 Å². The van der Waals surface area contributed by atoms with Crippen molar-refractivity contribution in [2.75, 3.05) is 5.32 Å². The number of nitrogens with zero attached hydrogens (tertiary/aromatic N) is 1. The number of hydrogen-bond acceptors (Lipinski definition) is 2. The minimum atomic E-state index is -0.154. The van der Waals surface area contributed by atoms with Gasteiger partial charge in [-0.25, -0.2) is 4.98 Å². The van der Waals surface area contributed by atoms with E-state index in [-0.39, 0.29) is 5.91 Å². The number of carbonyl (C=O) groups excluding carboxylic acids is 1. The second kappa shape index (κ2) is 5.79. The molecule has 1 amide bonds. The summed E-state index contributed by atoms with van der Waals surface area (Å²) in [5.41, 5.74) is 1.50. The van der Waals surface area contributed by atoms with Crippen LogP contribution in [0.15, 0.2) is 40.9 Å². The fourth-order valence-corrected chi connectivity index (χ4v) is 2.41. The Morgan fingerprint density at radius 2 is 2.11 bits per heavy atom. The zero-order chi connectivity index (χ0) is 13.1. The van der Waals surface area contributed by atoms with Crippen molar-refractivity contribution in [3.8, 4) is 0 Å². The maximum absolute atomic E-state index is 12.1. The maximum Gasteiger partial charge on any atom is 0.257 e. The molecule has 18 heavy (non-hydrogen) atoms. The highest BCUT2D eigenvalue weighted by molar-refractivity contribution is 14.1. The first-order chi connectivity index (χ1) is 8.56. The van der Waals surface area contributed by atoms with Crippen LogP contribution >= 0.6 is 38.5 Å². The van der Waals surface area contributed by atoms with E-state index in [0.717, 1.165) is 13.7 Å². The predicted octanol–water partition coefficient (Wildman–Crippen LogP) is 4.01. The van der Waals surface area contributed by atoms with Gasteiger partial charge < -0.3 is 5.32 Å². The molecule has 1 aromatic carbocycles. The van der Waals surface area contributed by atoms with Gasteiger partial charge in [0.05, 0.1) is 5.56 Å². The normalized spacial score (nSPS) is 10.2. The Balaban J connectivity index is 2.24. The Kier molecular flexibility index (Phi) is 4.34. The minimum Gasteiger partial charge on any atom is -0.307 e. The highest BCUT2D eigenvalue weighted by Crippen LogP contribution is 2.19. The van der Waals surface area contributed by atoms with Crippen molar-refractivity contribution < 1.29 is 4.79 Å². The molecule has 0 atom stereocenters. The van der Waals surface area contributed by atoms with E-state index < -0.39 is 0 Å². The molecule has 0 aliphatic carbocycles. The molecule has 92 valence electrons. The Morgan fingerprint density at radius 3 is 2.83 bits per heavy atom. The number of aromatic nitrogens is 1. The van der Waals surface area contributed by atoms with E-state index in [1.165, 1.54) is 0 Å². The van der Waals surface area contributed by atoms with E-state index in [2.05, 4.69) is 48.8 Å². The van der Waals surface area contributed by atoms with Crippen LogP contribution in [0.25, 0.3) is 0 Å². The number of pyridine rings is 1. The van der Waals surface area contributed by atoms with Crippen LogP contribution in [0.2, 0.25) is 0 Å². The van der Waals surface area contributed by atoms with E-state index in [9.17, 15) is 4.79 Å². The van der Waals surface area contributed by atoms with Crippen molar-refractivity contribution in [1.29, 1.82) is 0 Å². The number of aryl methyl sites for hydroxylation is 1. The quantitative estimate of drug-likeness (QED) is 0.751. The van der Waals surface area contributed by atoms with Gasteiger partial charge in [0, 0.05) is 13.7 Å². The summed E-state index contributed by atoms with van der Waals surface area (Å²) in [7, 11) is 0. The summed E-state index contributed by atoms with van der Waals surface area (Å²) in [6, 6.07) is 11.1. The van der Waals surface area contributed by atoms with Gasteiger partial charge in [-0.3, -0.25) is 4.79 Å². The molecule has 0 fully saturated rings. The molecule has 5 heteroatoms. The van der Waals surface area contributed by atoms with Crippen molar-refractivity contribution in [2.45, 2.75) is 6.92 Å². The first kappa shape index (κ1) is 13.5. The van der Waals surface area contributed by atoms with E-state index in [1.54, 1.807) is 12.1 Å². The van der Waals surface area contributed by atoms with Gasteiger partial charge in [0.15, 0.2) is 0 Å². The van der Waals surface area contributed by atoms with E-state index in [0.29, 0.717) is 11.4 Å². The molecule has 1 aromatic heterocycles. The summed E-state index contributed by atoms with van der Waals surface area (Å²) in [5.74, 6) is 0.412. The third-order valence-electron chi connectivity index (χ3n) is 2.30. The summed E-state index contributed by atoms with van der Waals surface area (Å²) < 4.78 is 1.78. The van der Waals surface area contributed by atoms with Crippen LogP contribution < -0.4 is 5.32 Å². The summed E-state index contributed by atoms with van der Waals surface area (Å²) >= 11 is 5.50. The minimum absolute atomic E-state index is 0.154. The van der Waals surface area contributed by atoms with Crippen LogP contribution in [0, 0.1) is 10.5 Å². The summed E-state index contributed by atoms with van der Waals surface area (Å²) in [5, 5.41) is 2.79. The number of rotatable bonds is 2. The summed E-state index contributed by atoms with van der Waals surface area (Å²) in [6.45, 7) is 1.89. The lowest BCUT2D eigenvalue weighted by Gasteiger charge is -2.07. The molecule has 0 bridgehead atoms. The number of anilines is 1. The van der Waals surface area contributed by atoms with Crippen molar-refractivity contribution >= 4 is 50.2 Å². The van der Waals surface area contributed by atoms with Crippen molar-refractivity contribution in [3.63, 3.8) is 0 Å². The molecule has 0 radical (unpaired) electrons. The molecular weight excluding hydrogens is 407 g/mol. The molecule has 1 heterocycles. The number of halogens is 2.